The van der Waals surface area contributed by atoms with Crippen molar-refractivity contribution in [2.75, 3.05) is 39.3 Å². The highest BCUT2D eigenvalue weighted by Gasteiger charge is 2.21. The van der Waals surface area contributed by atoms with Crippen LogP contribution in [0.1, 0.15) is 44.6 Å². The molecule has 3 N–H and O–H groups in total. The number of fused-ring (bicyclic) bond motifs is 1. The third kappa shape index (κ3) is 6.27. The molecule has 0 radical (unpaired) electrons. The summed E-state index contributed by atoms with van der Waals surface area (Å²) in [6.07, 6.45) is 2.58. The van der Waals surface area contributed by atoms with Crippen molar-refractivity contribution >= 4 is 11.4 Å². The molecule has 3 aromatic rings. The molecule has 200 valence electrons. The van der Waals surface area contributed by atoms with E-state index >= 15 is 0 Å². The van der Waals surface area contributed by atoms with E-state index in [0.29, 0.717) is 73.1 Å². The first-order valence-electron chi connectivity index (χ1n) is 12.8. The minimum atomic E-state index is -0.368. The zero-order valence-corrected chi connectivity index (χ0v) is 21.6. The number of piperazine rings is 1. The minimum absolute atomic E-state index is 0.251. The Morgan fingerprint density at radius 3 is 2.70 bits per heavy atom. The van der Waals surface area contributed by atoms with Gasteiger partial charge in [-0.05, 0) is 51.4 Å². The van der Waals surface area contributed by atoms with Crippen molar-refractivity contribution in [2.45, 2.75) is 46.5 Å². The molecular weight excluding hydrogens is 478 g/mol. The van der Waals surface area contributed by atoms with Crippen LogP contribution in [0.25, 0.3) is 16.9 Å². The second-order valence-corrected chi connectivity index (χ2v) is 9.02. The topological polar surface area (TPSA) is 137 Å². The van der Waals surface area contributed by atoms with E-state index in [1.807, 2.05) is 37.1 Å². The molecule has 1 aliphatic rings. The molecule has 37 heavy (non-hydrogen) atoms. The lowest BCUT2D eigenvalue weighted by Gasteiger charge is -2.34. The van der Waals surface area contributed by atoms with Crippen LogP contribution in [0.15, 0.2) is 23.0 Å². The van der Waals surface area contributed by atoms with Crippen molar-refractivity contribution in [3.05, 3.63) is 40.1 Å². The Hall–Kier alpha value is -3.48. The van der Waals surface area contributed by atoms with Gasteiger partial charge in [0.1, 0.15) is 17.3 Å². The number of rotatable bonds is 11. The van der Waals surface area contributed by atoms with Gasteiger partial charge in [0, 0.05) is 39.0 Å². The largest absolute Gasteiger partial charge is 0.493 e. The summed E-state index contributed by atoms with van der Waals surface area (Å²) < 4.78 is 7.48. The van der Waals surface area contributed by atoms with Crippen LogP contribution in [0.4, 0.5) is 0 Å². The highest BCUT2D eigenvalue weighted by molar-refractivity contribution is 5.74. The number of H-pyrrole nitrogens is 1. The molecule has 1 aromatic carbocycles. The van der Waals surface area contributed by atoms with E-state index < -0.39 is 0 Å². The Kier molecular flexibility index (Phi) is 8.74. The second kappa shape index (κ2) is 12.2. The monoisotopic (exact) mass is 513 g/mol. The van der Waals surface area contributed by atoms with Crippen LogP contribution in [0, 0.1) is 6.92 Å². The quantitative estimate of drug-likeness (QED) is 0.259. The van der Waals surface area contributed by atoms with Crippen molar-refractivity contribution < 1.29 is 19.6 Å². The maximum absolute atomic E-state index is 13.0. The summed E-state index contributed by atoms with van der Waals surface area (Å²) in [5.41, 5.74) is 3.15. The van der Waals surface area contributed by atoms with Gasteiger partial charge in [-0.15, -0.1) is 10.2 Å². The predicted octanol–water partition coefficient (Wildman–Crippen LogP) is 1.94. The fourth-order valence-electron chi connectivity index (χ4n) is 4.49. The Morgan fingerprint density at radius 2 is 2.00 bits per heavy atom. The van der Waals surface area contributed by atoms with Gasteiger partial charge in [0.15, 0.2) is 11.3 Å². The lowest BCUT2D eigenvalue weighted by atomic mass is 10.1. The molecule has 0 aliphatic carbocycles. The SMILES string of the molecule is CCCc1nc(C)c2c(=O)[nH]c(-c3cc(ON4CCN(CCCC(=O)NO)CC4)ccc3OCC)nn12. The van der Waals surface area contributed by atoms with Crippen molar-refractivity contribution in [1.82, 2.24) is 35.0 Å². The molecule has 12 nitrogen and oxygen atoms in total. The number of imidazole rings is 1. The third-order valence-corrected chi connectivity index (χ3v) is 6.29. The number of aromatic nitrogens is 4. The standard InChI is InChI=1S/C25H35N7O5/c1-4-7-21-26-17(3)23-25(34)27-24(28-32(21)23)19-16-18(9-10-20(19)36-5-2)37-31-14-12-30(13-15-31)11-6-8-22(33)29-35/h9-10,16,35H,4-8,11-15H2,1-3H3,(H,29,33)(H,27,28,34). The van der Waals surface area contributed by atoms with Crippen molar-refractivity contribution in [2.24, 2.45) is 0 Å². The molecule has 1 amide bonds. The number of hydrogen-bond donors (Lipinski definition) is 3. The van der Waals surface area contributed by atoms with Crippen LogP contribution in [0.5, 0.6) is 11.5 Å². The molecule has 1 saturated heterocycles. The van der Waals surface area contributed by atoms with Crippen molar-refractivity contribution in [3.8, 4) is 22.9 Å². The molecule has 1 aliphatic heterocycles. The van der Waals surface area contributed by atoms with Crippen molar-refractivity contribution in [3.63, 3.8) is 0 Å². The molecule has 0 spiro atoms. The number of hydrogen-bond acceptors (Lipinski definition) is 9. The highest BCUT2D eigenvalue weighted by Crippen LogP contribution is 2.32. The lowest BCUT2D eigenvalue weighted by molar-refractivity contribution is -0.129. The van der Waals surface area contributed by atoms with Gasteiger partial charge in [0.25, 0.3) is 5.56 Å². The summed E-state index contributed by atoms with van der Waals surface area (Å²) in [5.74, 6) is 1.99. The van der Waals surface area contributed by atoms with E-state index in [1.54, 1.807) is 10.00 Å². The van der Waals surface area contributed by atoms with E-state index in [-0.39, 0.29) is 11.5 Å². The smallest absolute Gasteiger partial charge is 0.277 e. The summed E-state index contributed by atoms with van der Waals surface area (Å²) in [5, 5.41) is 15.2. The Bertz CT molecular complexity index is 1280. The maximum atomic E-state index is 13.0. The third-order valence-electron chi connectivity index (χ3n) is 6.29. The number of carbonyl (C=O) groups excluding carboxylic acids is 1. The number of ether oxygens (including phenoxy) is 1. The molecular formula is C25H35N7O5. The average Bonchev–Trinajstić information content (AvgIpc) is 3.21. The maximum Gasteiger partial charge on any atom is 0.277 e. The van der Waals surface area contributed by atoms with Gasteiger partial charge in [-0.25, -0.2) is 15.0 Å². The van der Waals surface area contributed by atoms with Gasteiger partial charge in [0.05, 0.1) is 17.9 Å². The molecule has 1 fully saturated rings. The van der Waals surface area contributed by atoms with Gasteiger partial charge in [-0.3, -0.25) is 14.8 Å². The molecule has 0 bridgehead atoms. The zero-order chi connectivity index (χ0) is 26.4. The number of aryl methyl sites for hydroxylation is 2. The lowest BCUT2D eigenvalue weighted by Crippen LogP contribution is -2.47. The number of carbonyl (C=O) groups is 1. The molecule has 0 unspecified atom stereocenters. The van der Waals surface area contributed by atoms with E-state index in [4.69, 9.17) is 19.9 Å². The first-order chi connectivity index (χ1) is 17.9. The van der Waals surface area contributed by atoms with Gasteiger partial charge >= 0.3 is 0 Å². The number of hydroxylamine groups is 3. The zero-order valence-electron chi connectivity index (χ0n) is 21.6. The van der Waals surface area contributed by atoms with Crippen LogP contribution >= 0.6 is 0 Å². The minimum Gasteiger partial charge on any atom is -0.493 e. The molecule has 4 rings (SSSR count). The summed E-state index contributed by atoms with van der Waals surface area (Å²) in [6, 6.07) is 5.50. The van der Waals surface area contributed by atoms with E-state index in [2.05, 4.69) is 21.8 Å². The van der Waals surface area contributed by atoms with Crippen LogP contribution < -0.4 is 20.6 Å². The van der Waals surface area contributed by atoms with E-state index in [0.717, 1.165) is 31.9 Å². The second-order valence-electron chi connectivity index (χ2n) is 9.02. The molecule has 2 aromatic heterocycles. The van der Waals surface area contributed by atoms with Crippen LogP contribution in [-0.2, 0) is 11.2 Å². The van der Waals surface area contributed by atoms with Gasteiger partial charge in [0.2, 0.25) is 5.91 Å². The Labute approximate surface area is 215 Å². The van der Waals surface area contributed by atoms with Crippen LogP contribution in [-0.4, -0.2) is 80.0 Å². The highest BCUT2D eigenvalue weighted by atomic mass is 16.7. The fourth-order valence-corrected chi connectivity index (χ4v) is 4.49. The number of nitrogens with zero attached hydrogens (tertiary/aromatic N) is 5. The van der Waals surface area contributed by atoms with Crippen LogP contribution in [0.3, 0.4) is 0 Å². The van der Waals surface area contributed by atoms with Gasteiger partial charge < -0.3 is 19.5 Å². The van der Waals surface area contributed by atoms with Crippen LogP contribution in [0.2, 0.25) is 0 Å². The fraction of sp³-hybridized carbons (Fsp3) is 0.520. The van der Waals surface area contributed by atoms with E-state index in [9.17, 15) is 9.59 Å². The predicted molar refractivity (Wildman–Crippen MR) is 137 cm³/mol. The van der Waals surface area contributed by atoms with Gasteiger partial charge in [-0.1, -0.05) is 6.92 Å². The first-order valence-corrected chi connectivity index (χ1v) is 12.8. The summed E-state index contributed by atoms with van der Waals surface area (Å²) in [6.45, 7) is 10.0. The number of amides is 1. The summed E-state index contributed by atoms with van der Waals surface area (Å²) in [4.78, 5) is 40.0. The van der Waals surface area contributed by atoms with Crippen molar-refractivity contribution in [1.29, 1.82) is 0 Å². The molecule has 3 heterocycles. The average molecular weight is 514 g/mol. The Balaban J connectivity index is 1.52. The molecule has 12 heteroatoms. The van der Waals surface area contributed by atoms with Gasteiger partial charge in [-0.2, -0.15) is 0 Å². The summed E-state index contributed by atoms with van der Waals surface area (Å²) >= 11 is 0. The number of nitrogens with one attached hydrogen (secondary N) is 2. The summed E-state index contributed by atoms with van der Waals surface area (Å²) in [7, 11) is 0. The number of aromatic amines is 1. The Morgan fingerprint density at radius 1 is 1.22 bits per heavy atom. The molecule has 0 saturated carbocycles. The van der Waals surface area contributed by atoms with E-state index in [1.165, 1.54) is 0 Å². The molecule has 0 atom stereocenters. The first kappa shape index (κ1) is 26.6. The normalized spacial score (nSPS) is 14.7. The number of benzene rings is 1.